The molecule has 19 heavy (non-hydrogen) atoms. The minimum atomic E-state index is -3.50. The minimum Gasteiger partial charge on any atom is -0.313 e. The molecule has 1 aliphatic rings. The molecule has 0 saturated carbocycles. The molecule has 0 aromatic carbocycles. The highest BCUT2D eigenvalue weighted by Crippen LogP contribution is 2.19. The highest BCUT2D eigenvalue weighted by molar-refractivity contribution is 7.99. The first-order chi connectivity index (χ1) is 9.13. The van der Waals surface area contributed by atoms with Crippen molar-refractivity contribution in [3.8, 4) is 0 Å². The van der Waals surface area contributed by atoms with Gasteiger partial charge in [0.1, 0.15) is 0 Å². The van der Waals surface area contributed by atoms with E-state index in [0.717, 1.165) is 30.9 Å². The van der Waals surface area contributed by atoms with Gasteiger partial charge in [0.05, 0.1) is 6.20 Å². The molecule has 3 N–H and O–H groups in total. The topological polar surface area (TPSA) is 86.9 Å². The van der Waals surface area contributed by atoms with Crippen LogP contribution in [0.3, 0.4) is 0 Å². The SMILES string of the molecule is CCNCc1cn[nH]c1S(=O)(=O)NC1CCCSC1. The second-order valence-corrected chi connectivity index (χ2v) is 7.34. The van der Waals surface area contributed by atoms with Crippen molar-refractivity contribution in [3.63, 3.8) is 0 Å². The number of aromatic amines is 1. The third kappa shape index (κ3) is 3.95. The second kappa shape index (κ2) is 6.74. The Balaban J connectivity index is 2.08. The lowest BCUT2D eigenvalue weighted by molar-refractivity contribution is 0.538. The van der Waals surface area contributed by atoms with Gasteiger partial charge in [0.15, 0.2) is 5.03 Å². The number of hydrogen-bond acceptors (Lipinski definition) is 5. The summed E-state index contributed by atoms with van der Waals surface area (Å²) in [6, 6.07) is 0.0269. The van der Waals surface area contributed by atoms with Crippen LogP contribution in [0.25, 0.3) is 0 Å². The molecule has 2 rings (SSSR count). The molecule has 1 unspecified atom stereocenters. The van der Waals surface area contributed by atoms with Crippen LogP contribution < -0.4 is 10.0 Å². The van der Waals surface area contributed by atoms with Crippen molar-refractivity contribution in [3.05, 3.63) is 11.8 Å². The van der Waals surface area contributed by atoms with E-state index in [2.05, 4.69) is 20.2 Å². The van der Waals surface area contributed by atoms with Gasteiger partial charge < -0.3 is 5.32 Å². The third-order valence-corrected chi connectivity index (χ3v) is 5.74. The monoisotopic (exact) mass is 304 g/mol. The summed E-state index contributed by atoms with van der Waals surface area (Å²) in [4.78, 5) is 0. The highest BCUT2D eigenvalue weighted by Gasteiger charge is 2.25. The molecule has 0 amide bonds. The number of sulfonamides is 1. The Hall–Kier alpha value is -0.570. The summed E-state index contributed by atoms with van der Waals surface area (Å²) in [5.41, 5.74) is 0.679. The van der Waals surface area contributed by atoms with Gasteiger partial charge in [0.2, 0.25) is 0 Å². The van der Waals surface area contributed by atoms with Crippen molar-refractivity contribution in [1.82, 2.24) is 20.2 Å². The molecule has 6 nitrogen and oxygen atoms in total. The van der Waals surface area contributed by atoms with Gasteiger partial charge in [-0.1, -0.05) is 6.92 Å². The Morgan fingerprint density at radius 3 is 3.11 bits per heavy atom. The van der Waals surface area contributed by atoms with Gasteiger partial charge >= 0.3 is 0 Å². The summed E-state index contributed by atoms with van der Waals surface area (Å²) in [6.45, 7) is 3.27. The number of nitrogens with zero attached hydrogens (tertiary/aromatic N) is 1. The largest absolute Gasteiger partial charge is 0.313 e. The van der Waals surface area contributed by atoms with Gasteiger partial charge in [0.25, 0.3) is 10.0 Å². The van der Waals surface area contributed by atoms with E-state index in [9.17, 15) is 8.42 Å². The molecule has 1 atom stereocenters. The maximum absolute atomic E-state index is 12.3. The molecule has 1 aromatic heterocycles. The van der Waals surface area contributed by atoms with Crippen molar-refractivity contribution in [2.24, 2.45) is 0 Å². The summed E-state index contributed by atoms with van der Waals surface area (Å²) in [5.74, 6) is 1.96. The van der Waals surface area contributed by atoms with Gasteiger partial charge in [-0.2, -0.15) is 16.9 Å². The van der Waals surface area contributed by atoms with E-state index in [1.165, 1.54) is 0 Å². The van der Waals surface area contributed by atoms with Crippen LogP contribution in [0.15, 0.2) is 11.2 Å². The minimum absolute atomic E-state index is 0.0269. The fraction of sp³-hybridized carbons (Fsp3) is 0.727. The van der Waals surface area contributed by atoms with Gasteiger partial charge in [-0.3, -0.25) is 5.10 Å². The second-order valence-electron chi connectivity index (χ2n) is 4.54. The zero-order chi connectivity index (χ0) is 13.7. The first-order valence-corrected chi connectivity index (χ1v) is 9.10. The maximum Gasteiger partial charge on any atom is 0.258 e. The Morgan fingerprint density at radius 2 is 2.42 bits per heavy atom. The first-order valence-electron chi connectivity index (χ1n) is 6.46. The summed E-state index contributed by atoms with van der Waals surface area (Å²) >= 11 is 1.79. The summed E-state index contributed by atoms with van der Waals surface area (Å²) < 4.78 is 27.4. The molecule has 1 fully saturated rings. The van der Waals surface area contributed by atoms with Crippen LogP contribution in [-0.2, 0) is 16.6 Å². The third-order valence-electron chi connectivity index (χ3n) is 2.99. The predicted octanol–water partition coefficient (Wildman–Crippen LogP) is 0.693. The molecule has 108 valence electrons. The van der Waals surface area contributed by atoms with Crippen LogP contribution in [0, 0.1) is 0 Å². The molecular weight excluding hydrogens is 284 g/mol. The van der Waals surface area contributed by atoms with Crippen LogP contribution in [-0.4, -0.2) is 42.7 Å². The van der Waals surface area contributed by atoms with Gasteiger partial charge in [-0.15, -0.1) is 0 Å². The molecule has 0 radical (unpaired) electrons. The van der Waals surface area contributed by atoms with E-state index in [4.69, 9.17) is 0 Å². The molecule has 1 aromatic rings. The number of rotatable bonds is 6. The van der Waals surface area contributed by atoms with E-state index < -0.39 is 10.0 Å². The van der Waals surface area contributed by atoms with Crippen molar-refractivity contribution < 1.29 is 8.42 Å². The number of thioether (sulfide) groups is 1. The number of H-pyrrole nitrogens is 1. The summed E-state index contributed by atoms with van der Waals surface area (Å²) in [5, 5.41) is 9.74. The molecule has 0 spiro atoms. The van der Waals surface area contributed by atoms with Gasteiger partial charge in [-0.05, 0) is 25.1 Å². The van der Waals surface area contributed by atoms with E-state index >= 15 is 0 Å². The fourth-order valence-corrected chi connectivity index (χ4v) is 4.61. The Kier molecular flexibility index (Phi) is 5.26. The van der Waals surface area contributed by atoms with E-state index in [1.807, 2.05) is 6.92 Å². The Morgan fingerprint density at radius 1 is 1.58 bits per heavy atom. The van der Waals surface area contributed by atoms with E-state index in [-0.39, 0.29) is 11.1 Å². The van der Waals surface area contributed by atoms with Gasteiger partial charge in [-0.25, -0.2) is 13.1 Å². The number of hydrogen-bond donors (Lipinski definition) is 3. The van der Waals surface area contributed by atoms with Crippen molar-refractivity contribution in [1.29, 1.82) is 0 Å². The fourth-order valence-electron chi connectivity index (χ4n) is 2.03. The smallest absolute Gasteiger partial charge is 0.258 e. The lowest BCUT2D eigenvalue weighted by Crippen LogP contribution is -2.38. The maximum atomic E-state index is 12.3. The van der Waals surface area contributed by atoms with Crippen LogP contribution in [0.1, 0.15) is 25.3 Å². The zero-order valence-corrected chi connectivity index (χ0v) is 12.6. The molecule has 2 heterocycles. The predicted molar refractivity (Wildman–Crippen MR) is 76.6 cm³/mol. The van der Waals surface area contributed by atoms with E-state index in [1.54, 1.807) is 18.0 Å². The van der Waals surface area contributed by atoms with Crippen LogP contribution in [0.4, 0.5) is 0 Å². The highest BCUT2D eigenvalue weighted by atomic mass is 32.2. The van der Waals surface area contributed by atoms with Crippen molar-refractivity contribution in [2.45, 2.75) is 37.4 Å². The molecule has 0 aliphatic carbocycles. The molecular formula is C11H20N4O2S2. The van der Waals surface area contributed by atoms with Gasteiger partial charge in [0, 0.05) is 23.9 Å². The quantitative estimate of drug-likeness (QED) is 0.720. The molecule has 1 aliphatic heterocycles. The average Bonchev–Trinajstić information content (AvgIpc) is 2.86. The van der Waals surface area contributed by atoms with Crippen LogP contribution in [0.2, 0.25) is 0 Å². The molecule has 0 bridgehead atoms. The Labute approximate surface area is 118 Å². The first kappa shape index (κ1) is 14.8. The standard InChI is InChI=1S/C11H20N4O2S2/c1-2-12-6-9-7-13-14-11(9)19(16,17)15-10-4-3-5-18-8-10/h7,10,12,15H,2-6,8H2,1H3,(H,13,14). The summed E-state index contributed by atoms with van der Waals surface area (Å²) in [7, 11) is -3.50. The number of aromatic nitrogens is 2. The summed E-state index contributed by atoms with van der Waals surface area (Å²) in [6.07, 6.45) is 3.53. The van der Waals surface area contributed by atoms with Crippen molar-refractivity contribution >= 4 is 21.8 Å². The zero-order valence-electron chi connectivity index (χ0n) is 11.0. The molecule has 1 saturated heterocycles. The average molecular weight is 304 g/mol. The lowest BCUT2D eigenvalue weighted by atomic mass is 10.2. The van der Waals surface area contributed by atoms with Crippen molar-refractivity contribution in [2.75, 3.05) is 18.1 Å². The number of nitrogens with one attached hydrogen (secondary N) is 3. The normalized spacial score (nSPS) is 20.6. The Bertz CT molecular complexity index is 495. The molecule has 8 heteroatoms. The lowest BCUT2D eigenvalue weighted by Gasteiger charge is -2.22. The van der Waals surface area contributed by atoms with E-state index in [0.29, 0.717) is 12.1 Å². The van der Waals surface area contributed by atoms with Crippen LogP contribution >= 0.6 is 11.8 Å². The van der Waals surface area contributed by atoms with Crippen LogP contribution in [0.5, 0.6) is 0 Å².